The van der Waals surface area contributed by atoms with Crippen molar-refractivity contribution in [3.8, 4) is 0 Å². The number of nitrogens with one attached hydrogen (secondary N) is 1. The Labute approximate surface area is 87.4 Å². The summed E-state index contributed by atoms with van der Waals surface area (Å²) in [6.07, 6.45) is 6.75. The van der Waals surface area contributed by atoms with Crippen molar-refractivity contribution in [1.82, 2.24) is 24.7 Å². The van der Waals surface area contributed by atoms with Crippen LogP contribution in [0.2, 0.25) is 0 Å². The van der Waals surface area contributed by atoms with Gasteiger partial charge in [-0.1, -0.05) is 0 Å². The molecule has 0 saturated heterocycles. The number of rotatable bonds is 4. The van der Waals surface area contributed by atoms with Crippen molar-refractivity contribution < 1.29 is 0 Å². The molecular weight excluding hydrogens is 192 g/mol. The van der Waals surface area contributed by atoms with Gasteiger partial charge in [0.2, 0.25) is 0 Å². The summed E-state index contributed by atoms with van der Waals surface area (Å²) in [5.41, 5.74) is 0.917. The van der Waals surface area contributed by atoms with Crippen LogP contribution in [0, 0.1) is 6.92 Å². The van der Waals surface area contributed by atoms with Gasteiger partial charge in [0.1, 0.15) is 18.5 Å². The summed E-state index contributed by atoms with van der Waals surface area (Å²) in [5, 5.41) is 7.19. The monoisotopic (exact) mass is 204 g/mol. The van der Waals surface area contributed by atoms with Crippen molar-refractivity contribution in [3.05, 3.63) is 30.9 Å². The average molecular weight is 204 g/mol. The molecule has 1 N–H and O–H groups in total. The zero-order valence-electron chi connectivity index (χ0n) is 8.46. The highest BCUT2D eigenvalue weighted by Gasteiger charge is 1.94. The van der Waals surface area contributed by atoms with E-state index in [9.17, 15) is 0 Å². The molecule has 2 aromatic heterocycles. The third kappa shape index (κ3) is 2.73. The maximum absolute atomic E-state index is 4.09. The highest BCUT2D eigenvalue weighted by atomic mass is 15.3. The van der Waals surface area contributed by atoms with Crippen LogP contribution in [0.25, 0.3) is 0 Å². The lowest BCUT2D eigenvalue weighted by atomic mass is 10.5. The molecule has 78 valence electrons. The topological polar surface area (TPSA) is 68.5 Å². The first-order valence-corrected chi connectivity index (χ1v) is 4.69. The number of aromatic nitrogens is 5. The van der Waals surface area contributed by atoms with Gasteiger partial charge in [-0.25, -0.2) is 15.0 Å². The Morgan fingerprint density at radius 3 is 2.80 bits per heavy atom. The Hall–Kier alpha value is -1.98. The Morgan fingerprint density at radius 2 is 2.13 bits per heavy atom. The van der Waals surface area contributed by atoms with Crippen molar-refractivity contribution in [3.63, 3.8) is 0 Å². The van der Waals surface area contributed by atoms with Gasteiger partial charge in [0.15, 0.2) is 0 Å². The lowest BCUT2D eigenvalue weighted by Gasteiger charge is -2.04. The van der Waals surface area contributed by atoms with Crippen LogP contribution in [-0.2, 0) is 6.54 Å². The highest BCUT2D eigenvalue weighted by molar-refractivity contribution is 5.37. The van der Waals surface area contributed by atoms with E-state index in [4.69, 9.17) is 0 Å². The van der Waals surface area contributed by atoms with E-state index in [1.54, 1.807) is 23.4 Å². The minimum atomic E-state index is 0.772. The van der Waals surface area contributed by atoms with Crippen LogP contribution in [-0.4, -0.2) is 31.3 Å². The van der Waals surface area contributed by atoms with Crippen LogP contribution in [0.15, 0.2) is 25.0 Å². The number of hydrogen-bond donors (Lipinski definition) is 1. The van der Waals surface area contributed by atoms with Crippen molar-refractivity contribution >= 4 is 5.69 Å². The van der Waals surface area contributed by atoms with Crippen LogP contribution in [0.3, 0.4) is 0 Å². The van der Waals surface area contributed by atoms with Crippen molar-refractivity contribution in [2.75, 3.05) is 11.9 Å². The summed E-state index contributed by atoms with van der Waals surface area (Å²) in [7, 11) is 0. The van der Waals surface area contributed by atoms with E-state index in [2.05, 4.69) is 25.4 Å². The number of nitrogens with zero attached hydrogens (tertiary/aromatic N) is 5. The van der Waals surface area contributed by atoms with Gasteiger partial charge in [-0.2, -0.15) is 5.10 Å². The molecule has 0 aromatic carbocycles. The minimum Gasteiger partial charge on any atom is -0.381 e. The molecule has 15 heavy (non-hydrogen) atoms. The van der Waals surface area contributed by atoms with Crippen LogP contribution >= 0.6 is 0 Å². The van der Waals surface area contributed by atoms with Crippen LogP contribution in [0.4, 0.5) is 5.69 Å². The third-order valence-electron chi connectivity index (χ3n) is 1.92. The normalized spacial score (nSPS) is 10.2. The van der Waals surface area contributed by atoms with Crippen molar-refractivity contribution in [1.29, 1.82) is 0 Å². The second-order valence-electron chi connectivity index (χ2n) is 3.10. The molecule has 0 atom stereocenters. The summed E-state index contributed by atoms with van der Waals surface area (Å²) in [6, 6.07) is 0. The third-order valence-corrected chi connectivity index (χ3v) is 1.92. The lowest BCUT2D eigenvalue weighted by Crippen LogP contribution is -2.11. The van der Waals surface area contributed by atoms with Gasteiger partial charge in [0.25, 0.3) is 0 Å². The van der Waals surface area contributed by atoms with E-state index < -0.39 is 0 Å². The summed E-state index contributed by atoms with van der Waals surface area (Å²) >= 11 is 0. The maximum atomic E-state index is 4.09. The molecule has 6 nitrogen and oxygen atoms in total. The Bertz CT molecular complexity index is 393. The first kappa shape index (κ1) is 9.57. The Morgan fingerprint density at radius 1 is 1.33 bits per heavy atom. The molecule has 2 aromatic rings. The number of anilines is 1. The zero-order chi connectivity index (χ0) is 10.5. The predicted octanol–water partition coefficient (Wildman–Crippen LogP) is 0.489. The molecule has 0 amide bonds. The lowest BCUT2D eigenvalue weighted by molar-refractivity contribution is 0.636. The summed E-state index contributed by atoms with van der Waals surface area (Å²) < 4.78 is 1.77. The predicted molar refractivity (Wildman–Crippen MR) is 55.3 cm³/mol. The second kappa shape index (κ2) is 4.50. The van der Waals surface area contributed by atoms with Crippen LogP contribution in [0.1, 0.15) is 5.82 Å². The van der Waals surface area contributed by atoms with Gasteiger partial charge >= 0.3 is 0 Å². The van der Waals surface area contributed by atoms with Gasteiger partial charge in [-0.05, 0) is 6.92 Å². The summed E-state index contributed by atoms with van der Waals surface area (Å²) in [5.74, 6) is 0.775. The molecule has 0 aliphatic carbocycles. The maximum Gasteiger partial charge on any atom is 0.137 e. The van der Waals surface area contributed by atoms with E-state index in [1.807, 2.05) is 6.92 Å². The van der Waals surface area contributed by atoms with E-state index >= 15 is 0 Å². The van der Waals surface area contributed by atoms with Gasteiger partial charge in [0, 0.05) is 6.54 Å². The molecule has 2 heterocycles. The van der Waals surface area contributed by atoms with Gasteiger partial charge < -0.3 is 5.32 Å². The van der Waals surface area contributed by atoms with Gasteiger partial charge in [0.05, 0.1) is 24.6 Å². The molecule has 6 heteroatoms. The summed E-state index contributed by atoms with van der Waals surface area (Å²) in [4.78, 5) is 12.0. The largest absolute Gasteiger partial charge is 0.381 e. The summed E-state index contributed by atoms with van der Waals surface area (Å²) in [6.45, 7) is 3.41. The fraction of sp³-hybridized carbons (Fsp3) is 0.333. The fourth-order valence-electron chi connectivity index (χ4n) is 1.15. The molecule has 0 fully saturated rings. The van der Waals surface area contributed by atoms with Crippen LogP contribution in [0.5, 0.6) is 0 Å². The smallest absolute Gasteiger partial charge is 0.137 e. The SMILES string of the molecule is Cc1ncc(NCCn2cncn2)cn1. The second-order valence-corrected chi connectivity index (χ2v) is 3.10. The number of aryl methyl sites for hydroxylation is 1. The molecule has 0 bridgehead atoms. The quantitative estimate of drug-likeness (QED) is 0.784. The van der Waals surface area contributed by atoms with Gasteiger partial charge in [-0.15, -0.1) is 0 Å². The molecule has 0 aliphatic rings. The fourth-order valence-corrected chi connectivity index (χ4v) is 1.15. The molecule has 2 rings (SSSR count). The molecule has 0 spiro atoms. The van der Waals surface area contributed by atoms with E-state index in [1.165, 1.54) is 6.33 Å². The molecule has 0 radical (unpaired) electrons. The van der Waals surface area contributed by atoms with E-state index in [-0.39, 0.29) is 0 Å². The molecular formula is C9H12N6. The van der Waals surface area contributed by atoms with Crippen molar-refractivity contribution in [2.45, 2.75) is 13.5 Å². The standard InChI is InChI=1S/C9H12N6/c1-8-12-4-9(5-13-8)11-2-3-15-7-10-6-14-15/h4-7,11H,2-3H2,1H3. The van der Waals surface area contributed by atoms with Crippen molar-refractivity contribution in [2.24, 2.45) is 0 Å². The first-order chi connectivity index (χ1) is 7.34. The molecule has 0 unspecified atom stereocenters. The van der Waals surface area contributed by atoms with Gasteiger partial charge in [-0.3, -0.25) is 4.68 Å². The molecule has 0 aliphatic heterocycles. The highest BCUT2D eigenvalue weighted by Crippen LogP contribution is 2.01. The zero-order valence-corrected chi connectivity index (χ0v) is 8.46. The molecule has 0 saturated carbocycles. The average Bonchev–Trinajstić information content (AvgIpc) is 2.74. The first-order valence-electron chi connectivity index (χ1n) is 4.69. The van der Waals surface area contributed by atoms with E-state index in [0.29, 0.717) is 0 Å². The Balaban J connectivity index is 1.81. The Kier molecular flexibility index (Phi) is 2.87. The van der Waals surface area contributed by atoms with E-state index in [0.717, 1.165) is 24.6 Å². The minimum absolute atomic E-state index is 0.772. The van der Waals surface area contributed by atoms with Crippen LogP contribution < -0.4 is 5.32 Å². The number of hydrogen-bond acceptors (Lipinski definition) is 5.